The lowest BCUT2D eigenvalue weighted by Gasteiger charge is -1.99. The van der Waals surface area contributed by atoms with Gasteiger partial charge in [0, 0.05) is 11.3 Å². The van der Waals surface area contributed by atoms with Crippen molar-refractivity contribution in [3.05, 3.63) is 68.9 Å². The second-order valence-electron chi connectivity index (χ2n) is 4.17. The van der Waals surface area contributed by atoms with E-state index < -0.39 is 0 Å². The molecule has 0 radical (unpaired) electrons. The van der Waals surface area contributed by atoms with E-state index in [4.69, 9.17) is 12.2 Å². The summed E-state index contributed by atoms with van der Waals surface area (Å²) >= 11 is 6.92. The summed E-state index contributed by atoms with van der Waals surface area (Å²) in [6.07, 6.45) is 2.50. The third-order valence-electron chi connectivity index (χ3n) is 2.75. The monoisotopic (exact) mass is 300 g/mol. The number of nitrogens with zero attached hydrogens (tertiary/aromatic N) is 3. The fraction of sp³-hybridized carbons (Fsp3) is 0.0714. The van der Waals surface area contributed by atoms with Crippen molar-refractivity contribution in [1.29, 1.82) is 0 Å². The molecule has 0 spiro atoms. The molecule has 100 valence electrons. The first-order valence-corrected chi connectivity index (χ1v) is 7.40. The molecule has 0 bridgehead atoms. The van der Waals surface area contributed by atoms with Gasteiger partial charge in [-0.05, 0) is 29.2 Å². The van der Waals surface area contributed by atoms with Gasteiger partial charge in [0.1, 0.15) is 0 Å². The first kappa shape index (κ1) is 13.0. The normalized spacial score (nSPS) is 11.2. The Morgan fingerprint density at radius 2 is 2.10 bits per heavy atom. The Balaban J connectivity index is 1.88. The van der Waals surface area contributed by atoms with Crippen LogP contribution in [0.1, 0.15) is 16.3 Å². The van der Waals surface area contributed by atoms with Crippen LogP contribution in [0.3, 0.4) is 0 Å². The molecule has 0 aliphatic carbocycles. The number of H-pyrrole nitrogens is 1. The highest BCUT2D eigenvalue weighted by Gasteiger charge is 2.06. The number of aromatic nitrogens is 3. The number of aromatic amines is 1. The molecule has 0 atom stereocenters. The number of benzene rings is 1. The Morgan fingerprint density at radius 1 is 1.25 bits per heavy atom. The number of hydrogen-bond donors (Lipinski definition) is 1. The summed E-state index contributed by atoms with van der Waals surface area (Å²) in [4.78, 5) is 1.23. The van der Waals surface area contributed by atoms with Gasteiger partial charge in [0.25, 0.3) is 0 Å². The van der Waals surface area contributed by atoms with Crippen molar-refractivity contribution in [3.63, 3.8) is 0 Å². The summed E-state index contributed by atoms with van der Waals surface area (Å²) in [5, 5.41) is 13.5. The molecule has 6 heteroatoms. The van der Waals surface area contributed by atoms with Crippen LogP contribution in [-0.2, 0) is 6.42 Å². The zero-order chi connectivity index (χ0) is 13.8. The summed E-state index contributed by atoms with van der Waals surface area (Å²) in [7, 11) is 0. The molecule has 0 amide bonds. The van der Waals surface area contributed by atoms with Crippen LogP contribution in [0.5, 0.6) is 0 Å². The summed E-state index contributed by atoms with van der Waals surface area (Å²) in [5.74, 6) is 0.810. The molecule has 3 aromatic rings. The molecule has 0 unspecified atom stereocenters. The molecule has 0 aliphatic heterocycles. The Bertz CT molecular complexity index is 754. The Hall–Kier alpha value is -2.05. The topological polar surface area (TPSA) is 46.0 Å². The number of thiophene rings is 1. The van der Waals surface area contributed by atoms with E-state index in [2.05, 4.69) is 21.4 Å². The van der Waals surface area contributed by atoms with Gasteiger partial charge in [-0.3, -0.25) is 5.10 Å². The molecule has 0 saturated heterocycles. The van der Waals surface area contributed by atoms with Crippen molar-refractivity contribution in [2.45, 2.75) is 6.42 Å². The Morgan fingerprint density at radius 3 is 2.85 bits per heavy atom. The van der Waals surface area contributed by atoms with Gasteiger partial charge in [-0.1, -0.05) is 36.4 Å². The molecule has 1 N–H and O–H groups in total. The van der Waals surface area contributed by atoms with E-state index in [1.807, 2.05) is 41.8 Å². The van der Waals surface area contributed by atoms with Crippen LogP contribution >= 0.6 is 23.6 Å². The van der Waals surface area contributed by atoms with Gasteiger partial charge >= 0.3 is 0 Å². The first-order valence-electron chi connectivity index (χ1n) is 6.11. The van der Waals surface area contributed by atoms with E-state index in [9.17, 15) is 0 Å². The number of nitrogens with one attached hydrogen (secondary N) is 1. The van der Waals surface area contributed by atoms with Gasteiger partial charge < -0.3 is 0 Å². The number of hydrogen-bond acceptors (Lipinski definition) is 4. The molecular weight excluding hydrogens is 288 g/mol. The molecule has 3 rings (SSSR count). The van der Waals surface area contributed by atoms with Crippen LogP contribution in [0.15, 0.2) is 52.9 Å². The fourth-order valence-electron chi connectivity index (χ4n) is 1.79. The quantitative estimate of drug-likeness (QED) is 0.592. The zero-order valence-electron chi connectivity index (χ0n) is 10.6. The lowest BCUT2D eigenvalue weighted by Crippen LogP contribution is -1.99. The third kappa shape index (κ3) is 2.92. The molecule has 20 heavy (non-hydrogen) atoms. The van der Waals surface area contributed by atoms with Crippen molar-refractivity contribution >= 4 is 29.8 Å². The third-order valence-corrected chi connectivity index (χ3v) is 3.89. The molecule has 0 aliphatic rings. The van der Waals surface area contributed by atoms with Crippen LogP contribution in [0.25, 0.3) is 0 Å². The molecule has 0 saturated carbocycles. The highest BCUT2D eigenvalue weighted by atomic mass is 32.1. The lowest BCUT2D eigenvalue weighted by molar-refractivity contribution is 0.795. The van der Waals surface area contributed by atoms with Gasteiger partial charge in [-0.25, -0.2) is 0 Å². The minimum Gasteiger partial charge on any atom is -0.250 e. The minimum atomic E-state index is 0.503. The van der Waals surface area contributed by atoms with Crippen LogP contribution in [0.4, 0.5) is 0 Å². The average Bonchev–Trinajstić information content (AvgIpc) is 3.09. The van der Waals surface area contributed by atoms with E-state index in [1.54, 1.807) is 22.2 Å². The van der Waals surface area contributed by atoms with Crippen molar-refractivity contribution in [1.82, 2.24) is 14.9 Å². The first-order chi connectivity index (χ1) is 9.83. The van der Waals surface area contributed by atoms with E-state index in [1.165, 1.54) is 4.88 Å². The van der Waals surface area contributed by atoms with E-state index in [0.717, 1.165) is 17.8 Å². The van der Waals surface area contributed by atoms with Crippen LogP contribution < -0.4 is 0 Å². The lowest BCUT2D eigenvalue weighted by atomic mass is 10.2. The van der Waals surface area contributed by atoms with Crippen LogP contribution in [0, 0.1) is 4.77 Å². The molecule has 0 fully saturated rings. The van der Waals surface area contributed by atoms with Crippen LogP contribution in [-0.4, -0.2) is 21.1 Å². The maximum atomic E-state index is 5.22. The van der Waals surface area contributed by atoms with Gasteiger partial charge in [0.15, 0.2) is 5.82 Å². The largest absolute Gasteiger partial charge is 0.250 e. The molecular formula is C14H12N4S2. The molecule has 2 heterocycles. The van der Waals surface area contributed by atoms with Crippen LogP contribution in [0.2, 0.25) is 0 Å². The summed E-state index contributed by atoms with van der Waals surface area (Å²) in [5.41, 5.74) is 1.03. The summed E-state index contributed by atoms with van der Waals surface area (Å²) < 4.78 is 2.17. The maximum absolute atomic E-state index is 5.22. The minimum absolute atomic E-state index is 0.503. The van der Waals surface area contributed by atoms with Gasteiger partial charge in [0.2, 0.25) is 4.77 Å². The van der Waals surface area contributed by atoms with Crippen molar-refractivity contribution < 1.29 is 0 Å². The predicted octanol–water partition coefficient (Wildman–Crippen LogP) is 3.48. The maximum Gasteiger partial charge on any atom is 0.216 e. The average molecular weight is 300 g/mol. The smallest absolute Gasteiger partial charge is 0.216 e. The predicted molar refractivity (Wildman–Crippen MR) is 84.0 cm³/mol. The molecule has 1 aromatic carbocycles. The van der Waals surface area contributed by atoms with Crippen molar-refractivity contribution in [2.75, 3.05) is 0 Å². The Labute approximate surface area is 125 Å². The van der Waals surface area contributed by atoms with Gasteiger partial charge in [0.05, 0.1) is 6.21 Å². The summed E-state index contributed by atoms with van der Waals surface area (Å²) in [6, 6.07) is 14.0. The SMILES string of the molecule is S=c1[nH]nc(Cc2cccs2)n1/N=C\c1ccccc1. The standard InChI is InChI=1S/C14H12N4S2/c19-14-17-16-13(9-12-7-4-8-20-12)18(14)15-10-11-5-2-1-3-6-11/h1-8,10H,9H2,(H,17,19)/b15-10-. The van der Waals surface area contributed by atoms with E-state index in [-0.39, 0.29) is 0 Å². The fourth-order valence-corrected chi connectivity index (χ4v) is 2.69. The summed E-state index contributed by atoms with van der Waals surface area (Å²) in [6.45, 7) is 0. The van der Waals surface area contributed by atoms with E-state index >= 15 is 0 Å². The highest BCUT2D eigenvalue weighted by molar-refractivity contribution is 7.71. The second kappa shape index (κ2) is 5.94. The van der Waals surface area contributed by atoms with Gasteiger partial charge in [-0.2, -0.15) is 14.9 Å². The Kier molecular flexibility index (Phi) is 3.85. The van der Waals surface area contributed by atoms with Gasteiger partial charge in [-0.15, -0.1) is 11.3 Å². The molecule has 2 aromatic heterocycles. The van der Waals surface area contributed by atoms with Crippen molar-refractivity contribution in [3.8, 4) is 0 Å². The highest BCUT2D eigenvalue weighted by Crippen LogP contribution is 2.13. The van der Waals surface area contributed by atoms with E-state index in [0.29, 0.717) is 4.77 Å². The second-order valence-corrected chi connectivity index (χ2v) is 5.59. The zero-order valence-corrected chi connectivity index (χ0v) is 12.2. The van der Waals surface area contributed by atoms with Crippen molar-refractivity contribution in [2.24, 2.45) is 5.10 Å². The number of rotatable bonds is 4. The molecule has 4 nitrogen and oxygen atoms in total.